The van der Waals surface area contributed by atoms with Crippen LogP contribution in [0.5, 0.6) is 0 Å². The van der Waals surface area contributed by atoms with Gasteiger partial charge in [-0.05, 0) is 37.3 Å². The monoisotopic (exact) mass is 303 g/mol. The van der Waals surface area contributed by atoms with E-state index in [1.54, 1.807) is 0 Å². The first kappa shape index (κ1) is 15.3. The van der Waals surface area contributed by atoms with Crippen molar-refractivity contribution in [3.8, 4) is 0 Å². The van der Waals surface area contributed by atoms with Gasteiger partial charge in [0.15, 0.2) is 5.79 Å². The third kappa shape index (κ3) is 3.25. The number of rotatable bonds is 5. The number of fused-ring (bicyclic) bond motifs is 1. The molecule has 2 aliphatic rings. The summed E-state index contributed by atoms with van der Waals surface area (Å²) in [6.07, 6.45) is 0.610. The molecule has 1 aliphatic carbocycles. The lowest BCUT2D eigenvalue weighted by atomic mass is 10.0. The maximum Gasteiger partial charge on any atom is 0.163 e. The molecule has 0 aromatic heterocycles. The second-order valence-electron chi connectivity index (χ2n) is 6.33. The minimum Gasteiger partial charge on any atom is -0.376 e. The molecule has 0 bridgehead atoms. The molecule has 1 aromatic carbocycles. The highest BCUT2D eigenvalue weighted by Gasteiger charge is 2.52. The highest BCUT2D eigenvalue weighted by Crippen LogP contribution is 2.42. The van der Waals surface area contributed by atoms with Crippen LogP contribution in [-0.2, 0) is 20.8 Å². The van der Waals surface area contributed by atoms with Gasteiger partial charge < -0.3 is 14.2 Å². The van der Waals surface area contributed by atoms with Gasteiger partial charge in [0.25, 0.3) is 0 Å². The van der Waals surface area contributed by atoms with Gasteiger partial charge in [-0.25, -0.2) is 0 Å². The Kier molecular flexibility index (Phi) is 4.36. The molecule has 0 radical (unpaired) electrons. The number of hydrogen-bond donors (Lipinski definition) is 0. The van der Waals surface area contributed by atoms with Crippen molar-refractivity contribution < 1.29 is 14.2 Å². The minimum absolute atomic E-state index is 0.0178. The molecule has 1 aliphatic heterocycles. The van der Waals surface area contributed by atoms with Crippen LogP contribution in [0.3, 0.4) is 0 Å². The Labute approximate surface area is 130 Å². The topological polar surface area (TPSA) is 76.5 Å². The number of ether oxygens (including phenoxy) is 3. The van der Waals surface area contributed by atoms with Crippen LogP contribution in [0.2, 0.25) is 0 Å². The van der Waals surface area contributed by atoms with Crippen molar-refractivity contribution in [3.05, 3.63) is 46.3 Å². The second kappa shape index (κ2) is 6.26. The van der Waals surface area contributed by atoms with E-state index < -0.39 is 5.79 Å². The Morgan fingerprint density at radius 3 is 2.82 bits per heavy atom. The molecule has 0 amide bonds. The second-order valence-corrected chi connectivity index (χ2v) is 6.33. The lowest BCUT2D eigenvalue weighted by Gasteiger charge is -2.23. The number of benzene rings is 1. The zero-order chi connectivity index (χ0) is 15.6. The summed E-state index contributed by atoms with van der Waals surface area (Å²) in [5.74, 6) is -0.472. The molecule has 3 rings (SSSR count). The fourth-order valence-electron chi connectivity index (χ4n) is 3.33. The van der Waals surface area contributed by atoms with Gasteiger partial charge in [-0.2, -0.15) is 0 Å². The van der Waals surface area contributed by atoms with Crippen molar-refractivity contribution in [2.24, 2.45) is 11.0 Å². The molecule has 22 heavy (non-hydrogen) atoms. The Morgan fingerprint density at radius 1 is 1.32 bits per heavy atom. The first-order valence-electron chi connectivity index (χ1n) is 7.60. The third-order valence-corrected chi connectivity index (χ3v) is 4.20. The Bertz CT molecular complexity index is 557. The highest BCUT2D eigenvalue weighted by molar-refractivity contribution is 5.13. The minimum atomic E-state index is -0.603. The van der Waals surface area contributed by atoms with E-state index in [0.29, 0.717) is 13.2 Å². The molecule has 0 N–H and O–H groups in total. The van der Waals surface area contributed by atoms with E-state index in [2.05, 4.69) is 10.0 Å². The van der Waals surface area contributed by atoms with Gasteiger partial charge in [-0.1, -0.05) is 35.4 Å². The Morgan fingerprint density at radius 2 is 2.09 bits per heavy atom. The summed E-state index contributed by atoms with van der Waals surface area (Å²) >= 11 is 0. The zero-order valence-electron chi connectivity index (χ0n) is 12.9. The van der Waals surface area contributed by atoms with Crippen LogP contribution in [0.1, 0.15) is 25.8 Å². The van der Waals surface area contributed by atoms with E-state index in [1.807, 2.05) is 44.2 Å². The third-order valence-electron chi connectivity index (χ3n) is 4.20. The Balaban J connectivity index is 1.58. The fourth-order valence-corrected chi connectivity index (χ4v) is 3.33. The first-order chi connectivity index (χ1) is 10.6. The van der Waals surface area contributed by atoms with E-state index in [1.165, 1.54) is 0 Å². The molecule has 0 spiro atoms. The average molecular weight is 303 g/mol. The SMILES string of the molecule is CC1(C)O[C@@H]2[C@H](N=[N+]=[N-])[C@@H](COCc3ccccc3)C[C@@H]2O1. The van der Waals surface area contributed by atoms with Gasteiger partial charge in [0.05, 0.1) is 31.5 Å². The van der Waals surface area contributed by atoms with Crippen LogP contribution in [0.25, 0.3) is 10.4 Å². The summed E-state index contributed by atoms with van der Waals surface area (Å²) in [4.78, 5) is 2.98. The van der Waals surface area contributed by atoms with Gasteiger partial charge >= 0.3 is 0 Å². The van der Waals surface area contributed by atoms with Crippen molar-refractivity contribution in [2.75, 3.05) is 6.61 Å². The molecule has 0 unspecified atom stereocenters. The molecule has 6 heteroatoms. The number of hydrogen-bond acceptors (Lipinski definition) is 4. The average Bonchev–Trinajstić information content (AvgIpc) is 2.94. The summed E-state index contributed by atoms with van der Waals surface area (Å²) in [5.41, 5.74) is 9.95. The van der Waals surface area contributed by atoms with E-state index in [4.69, 9.17) is 19.7 Å². The van der Waals surface area contributed by atoms with Gasteiger partial charge in [-0.3, -0.25) is 0 Å². The fraction of sp³-hybridized carbons (Fsp3) is 0.625. The lowest BCUT2D eigenvalue weighted by Crippen LogP contribution is -2.32. The predicted molar refractivity (Wildman–Crippen MR) is 81.0 cm³/mol. The van der Waals surface area contributed by atoms with E-state index in [-0.39, 0.29) is 24.2 Å². The van der Waals surface area contributed by atoms with Crippen LogP contribution < -0.4 is 0 Å². The van der Waals surface area contributed by atoms with Crippen LogP contribution in [0, 0.1) is 5.92 Å². The normalized spacial score (nSPS) is 32.5. The van der Waals surface area contributed by atoms with Crippen molar-refractivity contribution >= 4 is 0 Å². The van der Waals surface area contributed by atoms with Crippen LogP contribution in [0.4, 0.5) is 0 Å². The summed E-state index contributed by atoms with van der Waals surface area (Å²) < 4.78 is 17.6. The molecular weight excluding hydrogens is 282 g/mol. The van der Waals surface area contributed by atoms with Gasteiger partial charge in [0.1, 0.15) is 0 Å². The molecular formula is C16H21N3O3. The standard InChI is InChI=1S/C16H21N3O3/c1-16(2)21-13-8-12(14(18-19-17)15(13)22-16)10-20-9-11-6-4-3-5-7-11/h3-7,12-15H,8-10H2,1-2H3/t12-,13+,14-,15+/m1/s1. The van der Waals surface area contributed by atoms with Crippen LogP contribution in [-0.4, -0.2) is 30.6 Å². The van der Waals surface area contributed by atoms with Crippen molar-refractivity contribution in [3.63, 3.8) is 0 Å². The van der Waals surface area contributed by atoms with Gasteiger partial charge in [-0.15, -0.1) is 0 Å². The molecule has 1 saturated carbocycles. The van der Waals surface area contributed by atoms with E-state index in [0.717, 1.165) is 12.0 Å². The highest BCUT2D eigenvalue weighted by atomic mass is 16.8. The quantitative estimate of drug-likeness (QED) is 0.475. The van der Waals surface area contributed by atoms with Crippen LogP contribution in [0.15, 0.2) is 35.4 Å². The van der Waals surface area contributed by atoms with Crippen molar-refractivity contribution in [1.82, 2.24) is 0 Å². The smallest absolute Gasteiger partial charge is 0.163 e. The summed E-state index contributed by atoms with van der Waals surface area (Å²) in [7, 11) is 0. The molecule has 1 saturated heterocycles. The molecule has 6 nitrogen and oxygen atoms in total. The Hall–Kier alpha value is -1.59. The van der Waals surface area contributed by atoms with Crippen molar-refractivity contribution in [2.45, 2.75) is 50.9 Å². The van der Waals surface area contributed by atoms with Gasteiger partial charge in [0.2, 0.25) is 0 Å². The molecule has 1 heterocycles. The number of nitrogens with zero attached hydrogens (tertiary/aromatic N) is 3. The summed E-state index contributed by atoms with van der Waals surface area (Å²) in [5, 5.41) is 3.93. The number of azide groups is 1. The molecule has 2 fully saturated rings. The van der Waals surface area contributed by atoms with Crippen LogP contribution >= 0.6 is 0 Å². The molecule has 1 aromatic rings. The zero-order valence-corrected chi connectivity index (χ0v) is 12.9. The van der Waals surface area contributed by atoms with E-state index >= 15 is 0 Å². The van der Waals surface area contributed by atoms with E-state index in [9.17, 15) is 0 Å². The maximum absolute atomic E-state index is 8.82. The first-order valence-corrected chi connectivity index (χ1v) is 7.60. The van der Waals surface area contributed by atoms with Crippen molar-refractivity contribution in [1.29, 1.82) is 0 Å². The lowest BCUT2D eigenvalue weighted by molar-refractivity contribution is -0.157. The molecule has 4 atom stereocenters. The summed E-state index contributed by atoms with van der Waals surface area (Å²) in [6, 6.07) is 9.80. The summed E-state index contributed by atoms with van der Waals surface area (Å²) in [6.45, 7) is 4.88. The molecule has 118 valence electrons. The maximum atomic E-state index is 8.82. The predicted octanol–water partition coefficient (Wildman–Crippen LogP) is 3.42. The largest absolute Gasteiger partial charge is 0.376 e. The van der Waals surface area contributed by atoms with Gasteiger partial charge in [0, 0.05) is 4.91 Å².